The molecule has 0 saturated heterocycles. The minimum atomic E-state index is -0.892. The molecule has 0 spiro atoms. The predicted octanol–water partition coefficient (Wildman–Crippen LogP) is 1.48. The summed E-state index contributed by atoms with van der Waals surface area (Å²) in [6.07, 6.45) is 1.18. The summed E-state index contributed by atoms with van der Waals surface area (Å²) in [4.78, 5) is 36.5. The van der Waals surface area contributed by atoms with E-state index < -0.39 is 17.9 Å². The van der Waals surface area contributed by atoms with Gasteiger partial charge in [-0.15, -0.1) is 0 Å². The number of carbonyl (C=O) groups is 3. The molecule has 4 N–H and O–H groups in total. The fourth-order valence-electron chi connectivity index (χ4n) is 2.56. The van der Waals surface area contributed by atoms with Crippen molar-refractivity contribution < 1.29 is 19.5 Å². The zero-order valence-corrected chi connectivity index (χ0v) is 15.8. The summed E-state index contributed by atoms with van der Waals surface area (Å²) in [5.41, 5.74) is 1.62. The van der Waals surface area contributed by atoms with Gasteiger partial charge in [-0.2, -0.15) is 0 Å². The molecule has 2 aromatic rings. The van der Waals surface area contributed by atoms with E-state index in [1.165, 1.54) is 0 Å². The largest absolute Gasteiger partial charge is 0.394 e. The molecule has 0 aromatic heterocycles. The minimum absolute atomic E-state index is 0.247. The molecular formula is C21H25N3O4. The normalized spacial score (nSPS) is 11.4. The Balaban J connectivity index is 1.96. The topological polar surface area (TPSA) is 108 Å². The number of hydrogen-bond donors (Lipinski definition) is 4. The Hall–Kier alpha value is -3.19. The first-order chi connectivity index (χ1) is 13.5. The Kier molecular flexibility index (Phi) is 8.17. The van der Waals surface area contributed by atoms with Gasteiger partial charge in [0, 0.05) is 6.54 Å². The molecule has 0 heterocycles. The van der Waals surface area contributed by atoms with Gasteiger partial charge in [-0.25, -0.2) is 0 Å². The first kappa shape index (κ1) is 21.1. The average Bonchev–Trinajstić information content (AvgIpc) is 2.72. The van der Waals surface area contributed by atoms with Crippen LogP contribution in [0.4, 0.5) is 5.69 Å². The highest BCUT2D eigenvalue weighted by Crippen LogP contribution is 2.15. The molecule has 7 nitrogen and oxygen atoms in total. The van der Waals surface area contributed by atoms with Gasteiger partial charge in [0.05, 0.1) is 23.9 Å². The second-order valence-electron chi connectivity index (χ2n) is 6.25. The maximum atomic E-state index is 12.5. The maximum Gasteiger partial charge on any atom is 0.313 e. The molecule has 0 aliphatic carbocycles. The summed E-state index contributed by atoms with van der Waals surface area (Å²) in [7, 11) is 0. The highest BCUT2D eigenvalue weighted by Gasteiger charge is 2.19. The number of aliphatic hydroxyl groups is 1. The third-order valence-corrected chi connectivity index (χ3v) is 4.22. The van der Waals surface area contributed by atoms with Gasteiger partial charge in [0.15, 0.2) is 0 Å². The highest BCUT2D eigenvalue weighted by atomic mass is 16.3. The second-order valence-corrected chi connectivity index (χ2v) is 6.25. The van der Waals surface area contributed by atoms with Crippen LogP contribution in [0.15, 0.2) is 54.6 Å². The first-order valence-electron chi connectivity index (χ1n) is 9.19. The zero-order chi connectivity index (χ0) is 20.4. The Morgan fingerprint density at radius 3 is 2.32 bits per heavy atom. The molecule has 28 heavy (non-hydrogen) atoms. The number of rotatable bonds is 8. The fraction of sp³-hybridized carbons (Fsp3) is 0.286. The van der Waals surface area contributed by atoms with E-state index in [2.05, 4.69) is 16.0 Å². The van der Waals surface area contributed by atoms with Crippen LogP contribution in [-0.2, 0) is 16.0 Å². The monoisotopic (exact) mass is 383 g/mol. The Morgan fingerprint density at radius 2 is 1.64 bits per heavy atom. The third kappa shape index (κ3) is 6.21. The lowest BCUT2D eigenvalue weighted by molar-refractivity contribution is -0.136. The number of hydrogen-bond acceptors (Lipinski definition) is 4. The minimum Gasteiger partial charge on any atom is -0.394 e. The van der Waals surface area contributed by atoms with Crippen LogP contribution in [0.2, 0.25) is 0 Å². The fourth-order valence-corrected chi connectivity index (χ4v) is 2.56. The highest BCUT2D eigenvalue weighted by molar-refractivity contribution is 6.40. The molecule has 0 aliphatic heterocycles. The number of para-hydroxylation sites is 1. The van der Waals surface area contributed by atoms with Crippen LogP contribution in [0, 0.1) is 0 Å². The zero-order valence-electron chi connectivity index (χ0n) is 15.8. The van der Waals surface area contributed by atoms with Gasteiger partial charge < -0.3 is 21.1 Å². The van der Waals surface area contributed by atoms with Crippen molar-refractivity contribution in [1.82, 2.24) is 10.6 Å². The quantitative estimate of drug-likeness (QED) is 0.518. The van der Waals surface area contributed by atoms with E-state index in [-0.39, 0.29) is 23.8 Å². The Morgan fingerprint density at radius 1 is 0.964 bits per heavy atom. The van der Waals surface area contributed by atoms with Crippen LogP contribution in [0.5, 0.6) is 0 Å². The van der Waals surface area contributed by atoms with Gasteiger partial charge in [-0.1, -0.05) is 49.4 Å². The summed E-state index contributed by atoms with van der Waals surface area (Å²) >= 11 is 0. The molecule has 2 aromatic carbocycles. The van der Waals surface area contributed by atoms with Gasteiger partial charge >= 0.3 is 11.8 Å². The number of benzene rings is 2. The Labute approximate surface area is 164 Å². The van der Waals surface area contributed by atoms with Crippen molar-refractivity contribution >= 4 is 23.4 Å². The molecule has 0 bridgehead atoms. The van der Waals surface area contributed by atoms with Gasteiger partial charge in [0.2, 0.25) is 0 Å². The molecule has 7 heteroatoms. The van der Waals surface area contributed by atoms with Crippen molar-refractivity contribution in [3.63, 3.8) is 0 Å². The average molecular weight is 383 g/mol. The van der Waals surface area contributed by atoms with Crippen LogP contribution in [0.1, 0.15) is 29.3 Å². The number of carbonyl (C=O) groups excluding carboxylic acids is 3. The van der Waals surface area contributed by atoms with Crippen LogP contribution in [0.3, 0.4) is 0 Å². The number of nitrogens with one attached hydrogen (secondary N) is 3. The predicted molar refractivity (Wildman–Crippen MR) is 107 cm³/mol. The SMILES string of the molecule is CC[C@H](CO)NC(=O)C(=O)Nc1ccccc1C(=O)NCCc1ccccc1. The van der Waals surface area contributed by atoms with Gasteiger partial charge in [0.25, 0.3) is 5.91 Å². The first-order valence-corrected chi connectivity index (χ1v) is 9.19. The maximum absolute atomic E-state index is 12.5. The molecule has 3 amide bonds. The lowest BCUT2D eigenvalue weighted by atomic mass is 10.1. The molecular weight excluding hydrogens is 358 g/mol. The van der Waals surface area contributed by atoms with Crippen LogP contribution in [-0.4, -0.2) is 42.0 Å². The standard InChI is InChI=1S/C21H25N3O4/c1-2-16(14-25)23-20(27)21(28)24-18-11-7-6-10-17(18)19(26)22-13-12-15-8-4-3-5-9-15/h3-11,16,25H,2,12-14H2,1H3,(H,22,26)(H,23,27)(H,24,28)/t16-/m1/s1. The molecule has 148 valence electrons. The third-order valence-electron chi connectivity index (χ3n) is 4.22. The van der Waals surface area contributed by atoms with Gasteiger partial charge in [-0.3, -0.25) is 14.4 Å². The van der Waals surface area contributed by atoms with E-state index in [1.807, 2.05) is 30.3 Å². The van der Waals surface area contributed by atoms with Crippen LogP contribution >= 0.6 is 0 Å². The lowest BCUT2D eigenvalue weighted by Crippen LogP contribution is -2.43. The van der Waals surface area contributed by atoms with Crippen molar-refractivity contribution in [2.24, 2.45) is 0 Å². The van der Waals surface area contributed by atoms with E-state index in [0.29, 0.717) is 19.4 Å². The van der Waals surface area contributed by atoms with Crippen molar-refractivity contribution in [1.29, 1.82) is 0 Å². The molecule has 2 rings (SSSR count). The molecule has 1 atom stereocenters. The van der Waals surface area contributed by atoms with E-state index in [4.69, 9.17) is 5.11 Å². The Bertz CT molecular complexity index is 804. The van der Waals surface area contributed by atoms with E-state index >= 15 is 0 Å². The van der Waals surface area contributed by atoms with Crippen molar-refractivity contribution in [3.05, 3.63) is 65.7 Å². The smallest absolute Gasteiger partial charge is 0.313 e. The summed E-state index contributed by atoms with van der Waals surface area (Å²) in [6, 6.07) is 15.8. The number of aliphatic hydroxyl groups excluding tert-OH is 1. The summed E-state index contributed by atoms with van der Waals surface area (Å²) in [6.45, 7) is 1.98. The summed E-state index contributed by atoms with van der Waals surface area (Å²) in [5, 5.41) is 16.8. The van der Waals surface area contributed by atoms with Crippen LogP contribution < -0.4 is 16.0 Å². The molecule has 0 radical (unpaired) electrons. The van der Waals surface area contributed by atoms with E-state index in [9.17, 15) is 14.4 Å². The van der Waals surface area contributed by atoms with Gasteiger partial charge in [0.1, 0.15) is 0 Å². The van der Waals surface area contributed by atoms with Crippen molar-refractivity contribution in [3.8, 4) is 0 Å². The summed E-state index contributed by atoms with van der Waals surface area (Å²) < 4.78 is 0. The molecule has 0 unspecified atom stereocenters. The van der Waals surface area contributed by atoms with Crippen molar-refractivity contribution in [2.75, 3.05) is 18.5 Å². The molecule has 0 aliphatic rings. The van der Waals surface area contributed by atoms with Crippen molar-refractivity contribution in [2.45, 2.75) is 25.8 Å². The van der Waals surface area contributed by atoms with Gasteiger partial charge in [-0.05, 0) is 30.5 Å². The second kappa shape index (κ2) is 10.8. The molecule has 0 saturated carbocycles. The number of anilines is 1. The van der Waals surface area contributed by atoms with E-state index in [1.54, 1.807) is 31.2 Å². The lowest BCUT2D eigenvalue weighted by Gasteiger charge is -2.15. The number of amides is 3. The molecule has 0 fully saturated rings. The van der Waals surface area contributed by atoms with E-state index in [0.717, 1.165) is 5.56 Å². The summed E-state index contributed by atoms with van der Waals surface area (Å²) in [5.74, 6) is -2.09. The van der Waals surface area contributed by atoms with Crippen LogP contribution in [0.25, 0.3) is 0 Å².